The minimum atomic E-state index is -5.32. The monoisotopic (exact) mass is 313 g/mol. The van der Waals surface area contributed by atoms with E-state index in [-0.39, 0.29) is 0 Å². The third-order valence-corrected chi connectivity index (χ3v) is 2.19. The predicted octanol–water partition coefficient (Wildman–Crippen LogP) is 3.26. The second-order valence-electron chi connectivity index (χ2n) is 3.51. The van der Waals surface area contributed by atoms with Crippen molar-refractivity contribution in [1.29, 1.82) is 5.26 Å². The van der Waals surface area contributed by atoms with E-state index in [0.29, 0.717) is 19.2 Å². The van der Waals surface area contributed by atoms with E-state index < -0.39 is 40.9 Å². The van der Waals surface area contributed by atoms with Gasteiger partial charge in [0.1, 0.15) is 11.3 Å². The van der Waals surface area contributed by atoms with Gasteiger partial charge in [0.25, 0.3) is 0 Å². The van der Waals surface area contributed by atoms with E-state index in [1.54, 1.807) is 0 Å². The van der Waals surface area contributed by atoms with E-state index in [2.05, 4.69) is 9.47 Å². The molecule has 0 atom stereocenters. The maximum Gasteiger partial charge on any atom is 0.573 e. The Balaban J connectivity index is 3.70. The van der Waals surface area contributed by atoms with Gasteiger partial charge in [-0.05, 0) is 12.1 Å². The van der Waals surface area contributed by atoms with E-state index >= 15 is 0 Å². The van der Waals surface area contributed by atoms with Gasteiger partial charge >= 0.3 is 18.5 Å². The first-order valence-corrected chi connectivity index (χ1v) is 4.99. The number of hydrogen-bond donors (Lipinski definition) is 0. The van der Waals surface area contributed by atoms with E-state index in [1.807, 2.05) is 0 Å². The highest BCUT2D eigenvalue weighted by Crippen LogP contribution is 2.40. The van der Waals surface area contributed by atoms with Crippen molar-refractivity contribution in [2.45, 2.75) is 12.5 Å². The molecule has 1 aromatic carbocycles. The molecule has 114 valence electrons. The highest BCUT2D eigenvalue weighted by molar-refractivity contribution is 5.95. The number of methoxy groups -OCH3 is 1. The maximum atomic E-state index is 12.9. The highest BCUT2D eigenvalue weighted by atomic mass is 19.4. The number of hydrogen-bond acceptors (Lipinski definition) is 4. The molecule has 21 heavy (non-hydrogen) atoms. The molecule has 0 aliphatic heterocycles. The van der Waals surface area contributed by atoms with Crippen LogP contribution in [-0.4, -0.2) is 19.4 Å². The number of alkyl halides is 6. The number of rotatable bonds is 2. The molecule has 1 aromatic rings. The summed E-state index contributed by atoms with van der Waals surface area (Å²) in [6, 6.07) is 2.05. The highest BCUT2D eigenvalue weighted by Gasteiger charge is 2.42. The number of nitriles is 1. The van der Waals surface area contributed by atoms with Crippen LogP contribution < -0.4 is 4.74 Å². The van der Waals surface area contributed by atoms with Gasteiger partial charge in [0, 0.05) is 0 Å². The molecule has 0 aliphatic rings. The van der Waals surface area contributed by atoms with Crippen LogP contribution in [0.2, 0.25) is 0 Å². The Bertz CT molecular complexity index is 600. The fourth-order valence-corrected chi connectivity index (χ4v) is 1.49. The topological polar surface area (TPSA) is 59.3 Å². The summed E-state index contributed by atoms with van der Waals surface area (Å²) >= 11 is 0. The molecule has 0 bridgehead atoms. The fourth-order valence-electron chi connectivity index (χ4n) is 1.49. The van der Waals surface area contributed by atoms with Crippen molar-refractivity contribution in [3.8, 4) is 11.8 Å². The number of carbonyl (C=O) groups is 1. The van der Waals surface area contributed by atoms with Gasteiger partial charge in [-0.1, -0.05) is 0 Å². The van der Waals surface area contributed by atoms with Crippen LogP contribution in [0.3, 0.4) is 0 Å². The number of nitrogens with zero attached hydrogens (tertiary/aromatic N) is 1. The van der Waals surface area contributed by atoms with Crippen LogP contribution in [0.5, 0.6) is 5.75 Å². The third-order valence-electron chi connectivity index (χ3n) is 2.19. The fraction of sp³-hybridized carbons (Fsp3) is 0.273. The zero-order chi connectivity index (χ0) is 16.4. The Kier molecular flexibility index (Phi) is 4.36. The predicted molar refractivity (Wildman–Crippen MR) is 54.2 cm³/mol. The van der Waals surface area contributed by atoms with E-state index in [9.17, 15) is 31.1 Å². The van der Waals surface area contributed by atoms with Crippen molar-refractivity contribution in [3.63, 3.8) is 0 Å². The second-order valence-corrected chi connectivity index (χ2v) is 3.51. The lowest BCUT2D eigenvalue weighted by molar-refractivity contribution is -0.274. The van der Waals surface area contributed by atoms with Crippen LogP contribution in [-0.2, 0) is 10.9 Å². The normalized spacial score (nSPS) is 11.7. The molecule has 0 spiro atoms. The van der Waals surface area contributed by atoms with Crippen molar-refractivity contribution >= 4 is 5.97 Å². The molecule has 0 heterocycles. The second kappa shape index (κ2) is 5.51. The molecule has 0 amide bonds. The van der Waals surface area contributed by atoms with E-state index in [0.717, 1.165) is 6.07 Å². The molecule has 1 rings (SSSR count). The summed E-state index contributed by atoms with van der Waals surface area (Å²) in [5, 5.41) is 8.62. The molecular formula is C11H5F6NO3. The summed E-state index contributed by atoms with van der Waals surface area (Å²) in [5.74, 6) is -3.11. The summed E-state index contributed by atoms with van der Waals surface area (Å²) in [4.78, 5) is 11.4. The number of halogens is 6. The third kappa shape index (κ3) is 3.77. The Morgan fingerprint density at radius 2 is 1.76 bits per heavy atom. The van der Waals surface area contributed by atoms with Gasteiger partial charge in [-0.25, -0.2) is 4.79 Å². The van der Waals surface area contributed by atoms with Crippen LogP contribution in [0, 0.1) is 11.3 Å². The average Bonchev–Trinajstić information content (AvgIpc) is 2.34. The Labute approximate surface area is 113 Å². The molecule has 0 fully saturated rings. The van der Waals surface area contributed by atoms with Crippen molar-refractivity contribution in [1.82, 2.24) is 0 Å². The molecule has 0 radical (unpaired) electrons. The van der Waals surface area contributed by atoms with Gasteiger partial charge in [0.2, 0.25) is 0 Å². The van der Waals surface area contributed by atoms with Gasteiger partial charge in [-0.15, -0.1) is 13.2 Å². The van der Waals surface area contributed by atoms with Crippen LogP contribution in [0.25, 0.3) is 0 Å². The number of carbonyl (C=O) groups excluding carboxylic acids is 1. The first kappa shape index (κ1) is 16.6. The summed E-state index contributed by atoms with van der Waals surface area (Å²) in [6.45, 7) is 0. The van der Waals surface area contributed by atoms with Crippen molar-refractivity contribution in [2.24, 2.45) is 0 Å². The Hall–Kier alpha value is -2.44. The minimum Gasteiger partial charge on any atom is -0.465 e. The summed E-state index contributed by atoms with van der Waals surface area (Å²) < 4.78 is 82.7. The number of esters is 1. The molecule has 0 unspecified atom stereocenters. The summed E-state index contributed by atoms with van der Waals surface area (Å²) in [5.41, 5.74) is -4.39. The van der Waals surface area contributed by atoms with E-state index in [4.69, 9.17) is 5.26 Å². The standard InChI is InChI=1S/C11H5F6NO3/c1-20-9(19)7-6(21-11(15,16)17)3-2-5(4-18)8(7)10(12,13)14/h2-3H,1H3. The molecule has 0 aromatic heterocycles. The quantitative estimate of drug-likeness (QED) is 0.621. The molecule has 0 saturated heterocycles. The van der Waals surface area contributed by atoms with E-state index in [1.165, 1.54) is 0 Å². The van der Waals surface area contributed by atoms with Gasteiger partial charge in [-0.3, -0.25) is 0 Å². The molecule has 10 heteroatoms. The van der Waals surface area contributed by atoms with Gasteiger partial charge in [0.05, 0.1) is 24.3 Å². The maximum absolute atomic E-state index is 12.9. The molecule has 0 aliphatic carbocycles. The zero-order valence-corrected chi connectivity index (χ0v) is 10.1. The van der Waals surface area contributed by atoms with Crippen LogP contribution in [0.15, 0.2) is 12.1 Å². The van der Waals surface area contributed by atoms with Crippen LogP contribution >= 0.6 is 0 Å². The molecule has 0 saturated carbocycles. The Morgan fingerprint density at radius 1 is 1.19 bits per heavy atom. The summed E-state index contributed by atoms with van der Waals surface area (Å²) in [7, 11) is 0.679. The van der Waals surface area contributed by atoms with Gasteiger partial charge in [0.15, 0.2) is 0 Å². The summed E-state index contributed by atoms with van der Waals surface area (Å²) in [6.07, 6.45) is -10.6. The number of benzene rings is 1. The average molecular weight is 313 g/mol. The van der Waals surface area contributed by atoms with Crippen LogP contribution in [0.1, 0.15) is 21.5 Å². The van der Waals surface area contributed by atoms with Gasteiger partial charge in [-0.2, -0.15) is 18.4 Å². The van der Waals surface area contributed by atoms with Crippen molar-refractivity contribution < 1.29 is 40.6 Å². The lowest BCUT2D eigenvalue weighted by Crippen LogP contribution is -2.23. The molecule has 0 N–H and O–H groups in total. The van der Waals surface area contributed by atoms with Crippen molar-refractivity contribution in [3.05, 3.63) is 28.8 Å². The van der Waals surface area contributed by atoms with Crippen LogP contribution in [0.4, 0.5) is 26.3 Å². The first-order chi connectivity index (χ1) is 9.51. The molecule has 4 nitrogen and oxygen atoms in total. The smallest absolute Gasteiger partial charge is 0.465 e. The lowest BCUT2D eigenvalue weighted by atomic mass is 10.00. The zero-order valence-electron chi connectivity index (χ0n) is 10.1. The Morgan fingerprint density at radius 3 is 2.14 bits per heavy atom. The SMILES string of the molecule is COC(=O)c1c(OC(F)(F)F)ccc(C#N)c1C(F)(F)F. The largest absolute Gasteiger partial charge is 0.573 e. The number of ether oxygens (including phenoxy) is 2. The van der Waals surface area contributed by atoms with Crippen molar-refractivity contribution in [2.75, 3.05) is 7.11 Å². The first-order valence-electron chi connectivity index (χ1n) is 4.99. The molecular weight excluding hydrogens is 308 g/mol. The minimum absolute atomic E-state index is 0.438. The van der Waals surface area contributed by atoms with Gasteiger partial charge < -0.3 is 9.47 Å². The lowest BCUT2D eigenvalue weighted by Gasteiger charge is -2.17.